The van der Waals surface area contributed by atoms with Gasteiger partial charge < -0.3 is 20.5 Å². The Labute approximate surface area is 173 Å². The van der Waals surface area contributed by atoms with Crippen LogP contribution in [-0.2, 0) is 33.6 Å². The van der Waals surface area contributed by atoms with Crippen LogP contribution in [0.3, 0.4) is 0 Å². The minimum atomic E-state index is -0.652. The zero-order chi connectivity index (χ0) is 20.8. The number of nitrogens with two attached hydrogens (primary N) is 1. The molecule has 0 saturated carbocycles. The molecule has 0 radical (unpaired) electrons. The first-order chi connectivity index (χ1) is 14.0. The third-order valence-corrected chi connectivity index (χ3v) is 5.93. The van der Waals surface area contributed by atoms with Crippen molar-refractivity contribution in [3.8, 4) is 5.75 Å². The van der Waals surface area contributed by atoms with Crippen LogP contribution in [0.2, 0.25) is 0 Å². The van der Waals surface area contributed by atoms with Crippen molar-refractivity contribution in [2.75, 3.05) is 18.5 Å². The number of fused-ring (bicyclic) bond motifs is 1. The monoisotopic (exact) mass is 416 g/mol. The van der Waals surface area contributed by atoms with Gasteiger partial charge >= 0.3 is 5.97 Å². The highest BCUT2D eigenvalue weighted by atomic mass is 32.1. The molecule has 0 atom stereocenters. The predicted octanol–water partition coefficient (Wildman–Crippen LogP) is 2.85. The molecule has 1 heterocycles. The fourth-order valence-electron chi connectivity index (χ4n) is 3.23. The van der Waals surface area contributed by atoms with Gasteiger partial charge in [-0.05, 0) is 55.4 Å². The number of esters is 1. The van der Waals surface area contributed by atoms with Crippen LogP contribution in [0.1, 0.15) is 46.1 Å². The third-order valence-electron chi connectivity index (χ3n) is 4.72. The highest BCUT2D eigenvalue weighted by Gasteiger charge is 2.25. The van der Waals surface area contributed by atoms with Gasteiger partial charge in [0.15, 0.2) is 13.2 Å². The van der Waals surface area contributed by atoms with Gasteiger partial charge in [-0.15, -0.1) is 11.3 Å². The minimum Gasteiger partial charge on any atom is -0.482 e. The van der Waals surface area contributed by atoms with E-state index < -0.39 is 24.4 Å². The maximum Gasteiger partial charge on any atom is 0.344 e. The molecule has 2 amide bonds. The van der Waals surface area contributed by atoms with Crippen LogP contribution in [0.25, 0.3) is 0 Å². The number of carbonyl (C=O) groups excluding carboxylic acids is 3. The predicted molar refractivity (Wildman–Crippen MR) is 110 cm³/mol. The van der Waals surface area contributed by atoms with Gasteiger partial charge in [0.1, 0.15) is 10.8 Å². The van der Waals surface area contributed by atoms with Crippen molar-refractivity contribution >= 4 is 34.1 Å². The number of nitrogens with one attached hydrogen (secondary N) is 1. The lowest BCUT2D eigenvalue weighted by molar-refractivity contribution is -0.149. The Bertz CT molecular complexity index is 905. The van der Waals surface area contributed by atoms with Gasteiger partial charge in [-0.25, -0.2) is 4.79 Å². The van der Waals surface area contributed by atoms with Crippen molar-refractivity contribution in [1.82, 2.24) is 0 Å². The molecule has 1 aromatic heterocycles. The molecule has 154 valence electrons. The number of hydrogen-bond donors (Lipinski definition) is 2. The second kappa shape index (κ2) is 9.56. The number of amides is 2. The van der Waals surface area contributed by atoms with E-state index in [9.17, 15) is 14.4 Å². The number of ether oxygens (including phenoxy) is 2. The number of hydrogen-bond acceptors (Lipinski definition) is 6. The van der Waals surface area contributed by atoms with Gasteiger partial charge in [0.2, 0.25) is 0 Å². The number of anilines is 1. The fraction of sp³-hybridized carbons (Fsp3) is 0.381. The summed E-state index contributed by atoms with van der Waals surface area (Å²) in [6, 6.07) is 7.40. The van der Waals surface area contributed by atoms with Crippen LogP contribution in [0.4, 0.5) is 5.00 Å². The van der Waals surface area contributed by atoms with Crippen molar-refractivity contribution in [2.45, 2.75) is 39.0 Å². The fourth-order valence-corrected chi connectivity index (χ4v) is 4.54. The van der Waals surface area contributed by atoms with Gasteiger partial charge in [0, 0.05) is 4.88 Å². The average molecular weight is 416 g/mol. The third kappa shape index (κ3) is 5.35. The summed E-state index contributed by atoms with van der Waals surface area (Å²) in [6.07, 6.45) is 4.63. The van der Waals surface area contributed by atoms with Gasteiger partial charge in [-0.3, -0.25) is 9.59 Å². The van der Waals surface area contributed by atoms with Crippen LogP contribution in [0, 0.1) is 0 Å². The van der Waals surface area contributed by atoms with Crippen molar-refractivity contribution in [2.24, 2.45) is 5.73 Å². The van der Waals surface area contributed by atoms with Crippen molar-refractivity contribution in [3.05, 3.63) is 45.8 Å². The number of thiophene rings is 1. The summed E-state index contributed by atoms with van der Waals surface area (Å²) in [7, 11) is 0. The van der Waals surface area contributed by atoms with E-state index in [-0.39, 0.29) is 6.61 Å². The van der Waals surface area contributed by atoms with Crippen LogP contribution >= 0.6 is 11.3 Å². The molecular weight excluding hydrogens is 392 g/mol. The van der Waals surface area contributed by atoms with E-state index in [1.165, 1.54) is 16.9 Å². The zero-order valence-electron chi connectivity index (χ0n) is 16.3. The summed E-state index contributed by atoms with van der Waals surface area (Å²) in [4.78, 5) is 36.9. The largest absolute Gasteiger partial charge is 0.482 e. The summed E-state index contributed by atoms with van der Waals surface area (Å²) in [5.41, 5.74) is 7.99. The second-order valence-electron chi connectivity index (χ2n) is 6.77. The molecule has 0 fully saturated rings. The lowest BCUT2D eigenvalue weighted by Gasteiger charge is -2.11. The maximum atomic E-state index is 12.2. The number of primary amides is 1. The van der Waals surface area contributed by atoms with Crippen LogP contribution < -0.4 is 15.8 Å². The molecule has 29 heavy (non-hydrogen) atoms. The highest BCUT2D eigenvalue weighted by Crippen LogP contribution is 2.37. The molecule has 0 unspecified atom stereocenters. The summed E-state index contributed by atoms with van der Waals surface area (Å²) >= 11 is 1.37. The molecule has 0 aliphatic heterocycles. The molecule has 1 aliphatic carbocycles. The lowest BCUT2D eigenvalue weighted by Crippen LogP contribution is -2.24. The van der Waals surface area contributed by atoms with E-state index >= 15 is 0 Å². The first kappa shape index (κ1) is 20.9. The van der Waals surface area contributed by atoms with Crippen molar-refractivity contribution < 1.29 is 23.9 Å². The number of carbonyl (C=O) groups is 3. The SMILES string of the molecule is CCc1ccc(OCC(=O)OCC(=O)Nc2sc3c(c2C(N)=O)CCCC3)cc1. The molecule has 8 heteroatoms. The van der Waals surface area contributed by atoms with Crippen molar-refractivity contribution in [3.63, 3.8) is 0 Å². The molecule has 3 N–H and O–H groups in total. The first-order valence-corrected chi connectivity index (χ1v) is 10.4. The van der Waals surface area contributed by atoms with E-state index in [0.717, 1.165) is 42.5 Å². The molecule has 0 saturated heterocycles. The van der Waals surface area contributed by atoms with E-state index in [4.69, 9.17) is 15.2 Å². The van der Waals surface area contributed by atoms with E-state index in [1.807, 2.05) is 12.1 Å². The van der Waals surface area contributed by atoms with Crippen LogP contribution in [-0.4, -0.2) is 31.0 Å². The first-order valence-electron chi connectivity index (χ1n) is 9.59. The maximum absolute atomic E-state index is 12.2. The lowest BCUT2D eigenvalue weighted by atomic mass is 9.95. The quantitative estimate of drug-likeness (QED) is 0.644. The Kier molecular flexibility index (Phi) is 6.87. The highest BCUT2D eigenvalue weighted by molar-refractivity contribution is 7.17. The summed E-state index contributed by atoms with van der Waals surface area (Å²) in [5.74, 6) is -1.18. The molecule has 2 aromatic rings. The Hall–Kier alpha value is -2.87. The molecule has 1 aliphatic rings. The smallest absolute Gasteiger partial charge is 0.344 e. The normalized spacial score (nSPS) is 12.7. The molecule has 1 aromatic carbocycles. The molecular formula is C21H24N2O5S. The zero-order valence-corrected chi connectivity index (χ0v) is 17.1. The molecule has 7 nitrogen and oxygen atoms in total. The molecule has 0 bridgehead atoms. The summed E-state index contributed by atoms with van der Waals surface area (Å²) in [5, 5.41) is 3.08. The second-order valence-corrected chi connectivity index (χ2v) is 7.88. The van der Waals surface area contributed by atoms with Gasteiger partial charge in [-0.2, -0.15) is 0 Å². The Balaban J connectivity index is 1.50. The summed E-state index contributed by atoms with van der Waals surface area (Å²) < 4.78 is 10.3. The summed E-state index contributed by atoms with van der Waals surface area (Å²) in [6.45, 7) is 1.30. The Morgan fingerprint density at radius 1 is 1.10 bits per heavy atom. The van der Waals surface area contributed by atoms with E-state index in [2.05, 4.69) is 12.2 Å². The van der Waals surface area contributed by atoms with Gasteiger partial charge in [0.05, 0.1) is 5.56 Å². The average Bonchev–Trinajstić information content (AvgIpc) is 3.09. The van der Waals surface area contributed by atoms with E-state index in [0.29, 0.717) is 16.3 Å². The van der Waals surface area contributed by atoms with E-state index in [1.54, 1.807) is 12.1 Å². The number of rotatable bonds is 8. The van der Waals surface area contributed by atoms with Gasteiger partial charge in [0.25, 0.3) is 11.8 Å². The molecule has 0 spiro atoms. The topological polar surface area (TPSA) is 108 Å². The standard InChI is InChI=1S/C21H24N2O5S/c1-2-13-7-9-14(10-8-13)27-12-18(25)28-11-17(24)23-21-19(20(22)26)15-5-3-4-6-16(15)29-21/h7-10H,2-6,11-12H2,1H3,(H2,22,26)(H,23,24). The number of benzene rings is 1. The molecule has 3 rings (SSSR count). The minimum absolute atomic E-state index is 0.293. The Morgan fingerprint density at radius 2 is 1.83 bits per heavy atom. The number of aryl methyl sites for hydroxylation is 2. The van der Waals surface area contributed by atoms with Crippen LogP contribution in [0.5, 0.6) is 5.75 Å². The van der Waals surface area contributed by atoms with Crippen molar-refractivity contribution in [1.29, 1.82) is 0 Å². The van der Waals surface area contributed by atoms with Crippen LogP contribution in [0.15, 0.2) is 24.3 Å². The van der Waals surface area contributed by atoms with Gasteiger partial charge in [-0.1, -0.05) is 19.1 Å². The Morgan fingerprint density at radius 3 is 2.52 bits per heavy atom.